The molecule has 3 aromatic rings. The summed E-state index contributed by atoms with van der Waals surface area (Å²) >= 11 is 0. The summed E-state index contributed by atoms with van der Waals surface area (Å²) in [6.45, 7) is 15.9. The van der Waals surface area contributed by atoms with E-state index >= 15 is 0 Å². The molecule has 0 fully saturated rings. The molecule has 0 saturated heterocycles. The third-order valence-corrected chi connectivity index (χ3v) is 6.74. The second-order valence-electron chi connectivity index (χ2n) is 10.2. The van der Waals surface area contributed by atoms with Crippen LogP contribution in [-0.2, 0) is 11.5 Å². The van der Waals surface area contributed by atoms with Gasteiger partial charge < -0.3 is 9.30 Å². The van der Waals surface area contributed by atoms with Crippen molar-refractivity contribution in [3.8, 4) is 11.3 Å². The number of Topliss-reactive ketones (excluding diaryl/α,β-unsaturated/α-hetero) is 1. The number of ketones is 1. The predicted molar refractivity (Wildman–Crippen MR) is 126 cm³/mol. The van der Waals surface area contributed by atoms with E-state index in [1.54, 1.807) is 6.20 Å². The molecule has 0 unspecified atom stereocenters. The summed E-state index contributed by atoms with van der Waals surface area (Å²) < 4.78 is 7.84. The highest BCUT2D eigenvalue weighted by Gasteiger charge is 2.28. The lowest BCUT2D eigenvalue weighted by atomic mass is 9.87. The van der Waals surface area contributed by atoms with E-state index in [0.717, 1.165) is 22.9 Å². The van der Waals surface area contributed by atoms with Crippen LogP contribution in [0.15, 0.2) is 36.7 Å². The Hall–Kier alpha value is -2.31. The summed E-state index contributed by atoms with van der Waals surface area (Å²) in [5.41, 5.74) is 4.36. The van der Waals surface area contributed by atoms with E-state index in [0.29, 0.717) is 30.1 Å². The molecule has 2 aromatic heterocycles. The first-order valence-corrected chi connectivity index (χ1v) is 14.2. The van der Waals surface area contributed by atoms with E-state index in [4.69, 9.17) is 9.72 Å². The average molecular weight is 424 g/mol. The molecule has 0 aliphatic heterocycles. The number of hydrogen-bond donors (Lipinski definition) is 0. The third-order valence-electron chi connectivity index (χ3n) is 5.03. The summed E-state index contributed by atoms with van der Waals surface area (Å²) in [4.78, 5) is 22.7. The first-order valence-electron chi connectivity index (χ1n) is 10.5. The van der Waals surface area contributed by atoms with Crippen molar-refractivity contribution < 1.29 is 9.53 Å². The highest BCUT2D eigenvalue weighted by atomic mass is 28.3. The van der Waals surface area contributed by atoms with Crippen molar-refractivity contribution in [1.29, 1.82) is 0 Å². The van der Waals surface area contributed by atoms with E-state index < -0.39 is 13.5 Å². The molecule has 0 aliphatic carbocycles. The number of ether oxygens (including phenoxy) is 1. The fourth-order valence-electron chi connectivity index (χ4n) is 3.21. The molecule has 1 aromatic carbocycles. The van der Waals surface area contributed by atoms with Crippen LogP contribution in [0.1, 0.15) is 36.7 Å². The Balaban J connectivity index is 2.00. The average Bonchev–Trinajstić information content (AvgIpc) is 3.01. The smallest absolute Gasteiger partial charge is 0.171 e. The van der Waals surface area contributed by atoms with Gasteiger partial charge in [0.2, 0.25) is 0 Å². The molecule has 0 aliphatic rings. The van der Waals surface area contributed by atoms with Gasteiger partial charge in [-0.25, -0.2) is 9.97 Å². The van der Waals surface area contributed by atoms with Gasteiger partial charge in [0.15, 0.2) is 11.4 Å². The van der Waals surface area contributed by atoms with Crippen LogP contribution in [0, 0.1) is 12.3 Å². The number of carbonyl (C=O) groups excluding carboxylic acids is 1. The van der Waals surface area contributed by atoms with Crippen LogP contribution < -0.4 is 0 Å². The van der Waals surface area contributed by atoms with Crippen molar-refractivity contribution in [1.82, 2.24) is 14.5 Å². The molecule has 0 N–H and O–H groups in total. The molecule has 0 bridgehead atoms. The molecule has 5 nitrogen and oxygen atoms in total. The Bertz CT molecular complexity index is 1060. The zero-order valence-corrected chi connectivity index (χ0v) is 20.2. The molecule has 160 valence electrons. The maximum Gasteiger partial charge on any atom is 0.171 e. The third kappa shape index (κ3) is 5.23. The topological polar surface area (TPSA) is 57.0 Å². The van der Waals surface area contributed by atoms with Crippen LogP contribution in [0.4, 0.5) is 0 Å². The second kappa shape index (κ2) is 8.44. The standard InChI is InChI=1S/C24H33N3O2Si/c1-17-9-8-10-18(13-17)20-14-25-23-21(26-20)19(22(28)24(2,3)4)15-27(23)16-29-11-12-30(5,6)7/h8-10,13-15H,11-12,16H2,1-7H3. The van der Waals surface area contributed by atoms with Crippen LogP contribution in [0.5, 0.6) is 0 Å². The Kier molecular flexibility index (Phi) is 6.29. The maximum absolute atomic E-state index is 13.1. The van der Waals surface area contributed by atoms with Gasteiger partial charge in [-0.1, -0.05) is 64.2 Å². The molecule has 30 heavy (non-hydrogen) atoms. The largest absolute Gasteiger partial charge is 0.361 e. The molecule has 0 amide bonds. The number of hydrogen-bond acceptors (Lipinski definition) is 4. The van der Waals surface area contributed by atoms with Crippen LogP contribution in [-0.4, -0.2) is 35.0 Å². The Morgan fingerprint density at radius 1 is 1.20 bits per heavy atom. The number of nitrogens with zero attached hydrogens (tertiary/aromatic N) is 3. The number of aromatic nitrogens is 3. The zero-order valence-electron chi connectivity index (χ0n) is 19.2. The zero-order chi connectivity index (χ0) is 22.1. The highest BCUT2D eigenvalue weighted by molar-refractivity contribution is 6.76. The minimum Gasteiger partial charge on any atom is -0.361 e. The summed E-state index contributed by atoms with van der Waals surface area (Å²) in [6.07, 6.45) is 3.63. The van der Waals surface area contributed by atoms with Gasteiger partial charge in [-0.15, -0.1) is 0 Å². The molecule has 0 saturated carbocycles. The van der Waals surface area contributed by atoms with E-state index in [2.05, 4.69) is 43.7 Å². The van der Waals surface area contributed by atoms with Gasteiger partial charge >= 0.3 is 0 Å². The lowest BCUT2D eigenvalue weighted by molar-refractivity contribution is 0.0849. The molecular weight excluding hydrogens is 390 g/mol. The first-order chi connectivity index (χ1) is 14.0. The number of fused-ring (bicyclic) bond motifs is 1. The summed E-state index contributed by atoms with van der Waals surface area (Å²) in [6, 6.07) is 9.26. The van der Waals surface area contributed by atoms with Gasteiger partial charge in [0.1, 0.15) is 12.2 Å². The monoisotopic (exact) mass is 423 g/mol. The van der Waals surface area contributed by atoms with Crippen LogP contribution >= 0.6 is 0 Å². The van der Waals surface area contributed by atoms with Gasteiger partial charge in [0.25, 0.3) is 0 Å². The number of rotatable bonds is 7. The van der Waals surface area contributed by atoms with Crippen molar-refractivity contribution in [2.75, 3.05) is 6.61 Å². The van der Waals surface area contributed by atoms with Gasteiger partial charge in [-0.2, -0.15) is 0 Å². The second-order valence-corrected chi connectivity index (χ2v) is 15.9. The summed E-state index contributed by atoms with van der Waals surface area (Å²) in [5.74, 6) is 0.0593. The van der Waals surface area contributed by atoms with E-state index in [1.165, 1.54) is 0 Å². The molecular formula is C24H33N3O2Si. The minimum atomic E-state index is -1.15. The van der Waals surface area contributed by atoms with Crippen LogP contribution in [0.2, 0.25) is 25.7 Å². The van der Waals surface area contributed by atoms with E-state index in [1.807, 2.05) is 43.7 Å². The van der Waals surface area contributed by atoms with Crippen molar-refractivity contribution in [3.05, 3.63) is 47.8 Å². The van der Waals surface area contributed by atoms with Gasteiger partial charge in [0, 0.05) is 31.9 Å². The normalized spacial score (nSPS) is 12.5. The predicted octanol–water partition coefficient (Wildman–Crippen LogP) is 5.95. The van der Waals surface area contributed by atoms with Crippen molar-refractivity contribution in [2.45, 2.75) is 60.1 Å². The lowest BCUT2D eigenvalue weighted by Crippen LogP contribution is -2.22. The summed E-state index contributed by atoms with van der Waals surface area (Å²) in [5, 5.41) is 0. The van der Waals surface area contributed by atoms with E-state index in [9.17, 15) is 4.79 Å². The number of benzene rings is 1. The number of aryl methyl sites for hydroxylation is 1. The maximum atomic E-state index is 13.1. The van der Waals surface area contributed by atoms with Crippen molar-refractivity contribution in [3.63, 3.8) is 0 Å². The van der Waals surface area contributed by atoms with Crippen molar-refractivity contribution in [2.24, 2.45) is 5.41 Å². The molecule has 3 rings (SSSR count). The SMILES string of the molecule is Cc1cccc(-c2cnc3c(n2)c(C(=O)C(C)(C)C)cn3COCC[Si](C)(C)C)c1. The molecule has 2 heterocycles. The minimum absolute atomic E-state index is 0.0593. The van der Waals surface area contributed by atoms with Crippen LogP contribution in [0.3, 0.4) is 0 Å². The Morgan fingerprint density at radius 3 is 2.57 bits per heavy atom. The highest BCUT2D eigenvalue weighted by Crippen LogP contribution is 2.28. The molecule has 0 spiro atoms. The Labute approximate surface area is 180 Å². The van der Waals surface area contributed by atoms with Gasteiger partial charge in [-0.3, -0.25) is 4.79 Å². The summed E-state index contributed by atoms with van der Waals surface area (Å²) in [7, 11) is -1.15. The molecule has 6 heteroatoms. The van der Waals surface area contributed by atoms with Gasteiger partial charge in [-0.05, 0) is 19.0 Å². The van der Waals surface area contributed by atoms with Crippen molar-refractivity contribution >= 4 is 25.0 Å². The first kappa shape index (κ1) is 22.4. The van der Waals surface area contributed by atoms with Crippen LogP contribution in [0.25, 0.3) is 22.4 Å². The fourth-order valence-corrected chi connectivity index (χ4v) is 3.96. The number of carbonyl (C=O) groups is 1. The van der Waals surface area contributed by atoms with Gasteiger partial charge in [0.05, 0.1) is 17.5 Å². The van der Waals surface area contributed by atoms with E-state index in [-0.39, 0.29) is 5.78 Å². The molecule has 0 radical (unpaired) electrons. The quantitative estimate of drug-likeness (QED) is 0.268. The lowest BCUT2D eigenvalue weighted by Gasteiger charge is -2.16. The molecule has 0 atom stereocenters. The fraction of sp³-hybridized carbons (Fsp3) is 0.458. The Morgan fingerprint density at radius 2 is 1.93 bits per heavy atom.